The number of rotatable bonds is 8. The largest absolute Gasteiger partial charge is 0.493 e. The van der Waals surface area contributed by atoms with Crippen molar-refractivity contribution in [1.82, 2.24) is 25.6 Å². The summed E-state index contributed by atoms with van der Waals surface area (Å²) in [6.45, 7) is 1.30. The highest BCUT2D eigenvalue weighted by Crippen LogP contribution is 2.40. The molecule has 13 heteroatoms. The maximum atomic E-state index is 14.9. The Bertz CT molecular complexity index is 1420. The second-order valence-electron chi connectivity index (χ2n) is 10.4. The third kappa shape index (κ3) is 5.88. The molecule has 5 rings (SSSR count). The number of carbonyl (C=O) groups is 2. The van der Waals surface area contributed by atoms with Crippen LogP contribution in [0.25, 0.3) is 22.3 Å². The van der Waals surface area contributed by atoms with Crippen molar-refractivity contribution < 1.29 is 37.0 Å². The molecule has 40 heavy (non-hydrogen) atoms. The van der Waals surface area contributed by atoms with Crippen molar-refractivity contribution in [3.63, 3.8) is 0 Å². The Morgan fingerprint density at radius 1 is 1.15 bits per heavy atom. The van der Waals surface area contributed by atoms with Crippen molar-refractivity contribution in [2.45, 2.75) is 63.5 Å². The van der Waals surface area contributed by atoms with Gasteiger partial charge in [0.2, 0.25) is 5.91 Å². The number of aliphatic hydroxyl groups excluding tert-OH is 1. The van der Waals surface area contributed by atoms with Crippen LogP contribution in [0.5, 0.6) is 5.75 Å². The summed E-state index contributed by atoms with van der Waals surface area (Å²) in [6.07, 6.45) is -2.20. The van der Waals surface area contributed by atoms with Crippen molar-refractivity contribution in [2.75, 3.05) is 13.2 Å². The highest BCUT2D eigenvalue weighted by molar-refractivity contribution is 6.09. The first-order valence-electron chi connectivity index (χ1n) is 13.1. The number of carbonyl (C=O) groups excluding carboxylic acids is 2. The van der Waals surface area contributed by atoms with Crippen LogP contribution in [0.3, 0.4) is 0 Å². The summed E-state index contributed by atoms with van der Waals surface area (Å²) in [4.78, 5) is 36.2. The molecule has 0 unspecified atom stereocenters. The van der Waals surface area contributed by atoms with Crippen LogP contribution in [0.4, 0.5) is 17.6 Å². The average Bonchev–Trinajstić information content (AvgIpc) is 3.67. The summed E-state index contributed by atoms with van der Waals surface area (Å²) < 4.78 is 61.5. The third-order valence-corrected chi connectivity index (χ3v) is 7.33. The minimum atomic E-state index is -4.59. The van der Waals surface area contributed by atoms with Crippen molar-refractivity contribution in [2.24, 2.45) is 5.92 Å². The molecule has 9 nitrogen and oxygen atoms in total. The number of hydrogen-bond acceptors (Lipinski definition) is 6. The lowest BCUT2D eigenvalue weighted by Crippen LogP contribution is -2.50. The molecule has 2 aliphatic carbocycles. The molecule has 2 fully saturated rings. The lowest BCUT2D eigenvalue weighted by Gasteiger charge is -2.32. The number of hydrogen-bond donors (Lipinski definition) is 4. The van der Waals surface area contributed by atoms with Crippen LogP contribution in [0.2, 0.25) is 0 Å². The Balaban J connectivity index is 1.43. The van der Waals surface area contributed by atoms with Gasteiger partial charge in [-0.25, -0.2) is 14.4 Å². The lowest BCUT2D eigenvalue weighted by molar-refractivity contribution is -0.137. The molecule has 3 aromatic rings. The number of aliphatic hydroxyl groups is 1. The van der Waals surface area contributed by atoms with E-state index in [1.165, 1.54) is 12.4 Å². The van der Waals surface area contributed by atoms with Gasteiger partial charge in [-0.15, -0.1) is 0 Å². The number of benzene rings is 1. The Morgan fingerprint density at radius 3 is 2.60 bits per heavy atom. The number of fused-ring (bicyclic) bond motifs is 1. The molecule has 2 amide bonds. The van der Waals surface area contributed by atoms with E-state index in [4.69, 9.17) is 9.84 Å². The Labute approximate surface area is 226 Å². The van der Waals surface area contributed by atoms with Crippen LogP contribution >= 0.6 is 0 Å². The molecule has 4 N–H and O–H groups in total. The van der Waals surface area contributed by atoms with Gasteiger partial charge < -0.3 is 25.5 Å². The van der Waals surface area contributed by atoms with E-state index < -0.39 is 48.4 Å². The Kier molecular flexibility index (Phi) is 7.67. The third-order valence-electron chi connectivity index (χ3n) is 7.33. The maximum absolute atomic E-state index is 14.9. The van der Waals surface area contributed by atoms with Gasteiger partial charge in [-0.1, -0.05) is 0 Å². The molecule has 0 spiro atoms. The first kappa shape index (κ1) is 27.8. The highest BCUT2D eigenvalue weighted by Gasteiger charge is 2.35. The first-order valence-corrected chi connectivity index (χ1v) is 13.1. The molecule has 0 bridgehead atoms. The summed E-state index contributed by atoms with van der Waals surface area (Å²) >= 11 is 0. The van der Waals surface area contributed by atoms with Gasteiger partial charge in [-0.2, -0.15) is 13.2 Å². The molecule has 2 heterocycles. The van der Waals surface area contributed by atoms with E-state index in [0.29, 0.717) is 24.6 Å². The molecule has 3 atom stereocenters. The van der Waals surface area contributed by atoms with Crippen LogP contribution in [0.1, 0.15) is 53.7 Å². The summed E-state index contributed by atoms with van der Waals surface area (Å²) in [5.41, 5.74) is 0.359. The van der Waals surface area contributed by atoms with E-state index in [1.54, 1.807) is 6.92 Å². The van der Waals surface area contributed by atoms with Gasteiger partial charge in [-0.3, -0.25) is 9.59 Å². The van der Waals surface area contributed by atoms with Crippen molar-refractivity contribution >= 4 is 22.8 Å². The average molecular weight is 564 g/mol. The van der Waals surface area contributed by atoms with Crippen LogP contribution in [0, 0.1) is 12.8 Å². The Hall–Kier alpha value is -3.74. The van der Waals surface area contributed by atoms with Gasteiger partial charge in [0.15, 0.2) is 0 Å². The topological polar surface area (TPSA) is 129 Å². The number of aromatic amines is 1. The van der Waals surface area contributed by atoms with Gasteiger partial charge in [0.25, 0.3) is 5.91 Å². The summed E-state index contributed by atoms with van der Waals surface area (Å²) in [7, 11) is 0. The Morgan fingerprint density at radius 2 is 1.93 bits per heavy atom. The van der Waals surface area contributed by atoms with Crippen molar-refractivity contribution in [1.29, 1.82) is 0 Å². The van der Waals surface area contributed by atoms with Gasteiger partial charge in [0.1, 0.15) is 36.1 Å². The fraction of sp³-hybridized carbons (Fsp3) is 0.481. The second-order valence-corrected chi connectivity index (χ2v) is 10.4. The zero-order valence-electron chi connectivity index (χ0n) is 21.6. The van der Waals surface area contributed by atoms with E-state index in [1.807, 2.05) is 0 Å². The van der Waals surface area contributed by atoms with E-state index in [9.17, 15) is 27.2 Å². The molecule has 214 valence electrons. The van der Waals surface area contributed by atoms with Gasteiger partial charge in [-0.05, 0) is 56.7 Å². The number of halogens is 4. The molecule has 2 saturated carbocycles. The minimum Gasteiger partial charge on any atom is -0.493 e. The summed E-state index contributed by atoms with van der Waals surface area (Å²) in [5.74, 6) is -0.577. The van der Waals surface area contributed by atoms with Crippen LogP contribution in [-0.4, -0.2) is 63.3 Å². The van der Waals surface area contributed by atoms with E-state index in [0.717, 1.165) is 25.0 Å². The highest BCUT2D eigenvalue weighted by atomic mass is 19.4. The molecule has 0 aliphatic heterocycles. The molecule has 0 saturated heterocycles. The number of H-pyrrole nitrogens is 1. The van der Waals surface area contributed by atoms with Gasteiger partial charge in [0, 0.05) is 23.7 Å². The zero-order valence-corrected chi connectivity index (χ0v) is 21.6. The molecule has 1 aromatic carbocycles. The maximum Gasteiger partial charge on any atom is 0.416 e. The molecular formula is C27H29F4N5O4. The minimum absolute atomic E-state index is 0.0188. The number of nitrogens with zero attached hydrogens (tertiary/aromatic N) is 2. The SMILES string of the molecule is Cc1[nH]c2c(-c3cc(C(F)(F)F)ccc3OCC3CC3)ncnc2c1C(=O)N[C@H]1CC[C@@H](NC(=O)CO)C[C@H]1F. The van der Waals surface area contributed by atoms with Crippen molar-refractivity contribution in [3.05, 3.63) is 41.3 Å². The van der Waals surface area contributed by atoms with E-state index in [-0.39, 0.29) is 46.4 Å². The fourth-order valence-corrected chi connectivity index (χ4v) is 5.04. The zero-order chi connectivity index (χ0) is 28.6. The monoisotopic (exact) mass is 563 g/mol. The van der Waals surface area contributed by atoms with E-state index >= 15 is 0 Å². The summed E-state index contributed by atoms with van der Waals surface area (Å²) in [6, 6.07) is 1.95. The number of alkyl halides is 4. The molecule has 2 aromatic heterocycles. The number of ether oxygens (including phenoxy) is 1. The predicted molar refractivity (Wildman–Crippen MR) is 136 cm³/mol. The number of nitrogens with one attached hydrogen (secondary N) is 3. The second kappa shape index (κ2) is 11.0. The van der Waals surface area contributed by atoms with Crippen LogP contribution in [0.15, 0.2) is 24.5 Å². The smallest absolute Gasteiger partial charge is 0.416 e. The van der Waals surface area contributed by atoms with E-state index in [2.05, 4.69) is 25.6 Å². The quantitative estimate of drug-likeness (QED) is 0.309. The van der Waals surface area contributed by atoms with Crippen LogP contribution < -0.4 is 15.4 Å². The number of amides is 2. The van der Waals surface area contributed by atoms with Gasteiger partial charge in [0.05, 0.1) is 29.3 Å². The standard InChI is InChI=1S/C27H29F4N5O4/c1-13-22(26(39)36-19-6-5-16(9-18(19)28)35-21(38)10-37)24-25(34-13)23(32-12-33-24)17-8-15(27(29,30)31)4-7-20(17)40-11-14-2-3-14/h4,7-8,12,14,16,18-19,34,37H,2-3,5-6,9-11H2,1H3,(H,35,38)(H,36,39)/t16-,18-,19+/m1/s1. The lowest BCUT2D eigenvalue weighted by atomic mass is 9.89. The molecule has 2 aliphatic rings. The van der Waals surface area contributed by atoms with Crippen LogP contribution in [-0.2, 0) is 11.0 Å². The number of aromatic nitrogens is 3. The normalized spacial score (nSPS) is 21.3. The molecular weight excluding hydrogens is 534 g/mol. The van der Waals surface area contributed by atoms with Gasteiger partial charge >= 0.3 is 6.18 Å². The number of aryl methyl sites for hydroxylation is 1. The predicted octanol–water partition coefficient (Wildman–Crippen LogP) is 3.84. The first-order chi connectivity index (χ1) is 19.0. The summed E-state index contributed by atoms with van der Waals surface area (Å²) in [5, 5.41) is 14.1. The fourth-order valence-electron chi connectivity index (χ4n) is 5.04. The van der Waals surface area contributed by atoms with Crippen molar-refractivity contribution in [3.8, 4) is 17.0 Å². The molecule has 0 radical (unpaired) electrons.